The van der Waals surface area contributed by atoms with E-state index in [1.807, 2.05) is 0 Å². The molecule has 3 fully saturated rings. The van der Waals surface area contributed by atoms with Crippen molar-refractivity contribution in [1.82, 2.24) is 10.2 Å². The first kappa shape index (κ1) is 12.5. The number of carbonyl (C=O) groups is 1. The minimum atomic E-state index is -0.123. The second kappa shape index (κ2) is 4.22. The van der Waals surface area contributed by atoms with Crippen molar-refractivity contribution in [2.75, 3.05) is 6.54 Å². The van der Waals surface area contributed by atoms with Crippen LogP contribution in [-0.2, 0) is 4.79 Å². The van der Waals surface area contributed by atoms with E-state index in [1.165, 1.54) is 25.7 Å². The fraction of sp³-hybridized carbons (Fsp3) is 0.933. The summed E-state index contributed by atoms with van der Waals surface area (Å²) in [4.78, 5) is 14.7. The molecule has 2 saturated carbocycles. The van der Waals surface area contributed by atoms with Gasteiger partial charge in [-0.3, -0.25) is 10.1 Å². The van der Waals surface area contributed by atoms with Crippen molar-refractivity contribution in [1.29, 1.82) is 0 Å². The molecule has 0 bridgehead atoms. The second-order valence-corrected chi connectivity index (χ2v) is 6.71. The van der Waals surface area contributed by atoms with E-state index in [4.69, 9.17) is 0 Å². The summed E-state index contributed by atoms with van der Waals surface area (Å²) in [7, 11) is 0. The smallest absolute Gasteiger partial charge is 0.244 e. The molecule has 1 aliphatic heterocycles. The van der Waals surface area contributed by atoms with Gasteiger partial charge in [0.1, 0.15) is 0 Å². The number of amides is 1. The van der Waals surface area contributed by atoms with Crippen molar-refractivity contribution in [2.45, 2.75) is 76.9 Å². The quantitative estimate of drug-likeness (QED) is 0.786. The van der Waals surface area contributed by atoms with Crippen LogP contribution >= 0.6 is 0 Å². The van der Waals surface area contributed by atoms with Crippen molar-refractivity contribution in [3.05, 3.63) is 0 Å². The molecule has 0 aromatic carbocycles. The Kier molecular flexibility index (Phi) is 2.92. The molecule has 1 unspecified atom stereocenters. The van der Waals surface area contributed by atoms with Crippen LogP contribution in [0.2, 0.25) is 0 Å². The average molecular weight is 250 g/mol. The van der Waals surface area contributed by atoms with Crippen LogP contribution in [0.3, 0.4) is 0 Å². The molecule has 0 aromatic rings. The van der Waals surface area contributed by atoms with E-state index in [1.54, 1.807) is 0 Å². The first-order valence-corrected chi connectivity index (χ1v) is 7.73. The van der Waals surface area contributed by atoms with Gasteiger partial charge in [0.05, 0.1) is 11.7 Å². The van der Waals surface area contributed by atoms with Gasteiger partial charge >= 0.3 is 0 Å². The molecule has 3 aliphatic rings. The van der Waals surface area contributed by atoms with Gasteiger partial charge in [-0.1, -0.05) is 26.7 Å². The zero-order valence-corrected chi connectivity index (χ0v) is 11.8. The van der Waals surface area contributed by atoms with Crippen LogP contribution in [0.5, 0.6) is 0 Å². The van der Waals surface area contributed by atoms with E-state index in [0.717, 1.165) is 32.2 Å². The highest BCUT2D eigenvalue weighted by atomic mass is 16.2. The Balaban J connectivity index is 1.70. The number of rotatable bonds is 6. The van der Waals surface area contributed by atoms with Crippen LogP contribution in [0.4, 0.5) is 0 Å². The summed E-state index contributed by atoms with van der Waals surface area (Å²) >= 11 is 0. The van der Waals surface area contributed by atoms with Crippen LogP contribution < -0.4 is 5.32 Å². The van der Waals surface area contributed by atoms with Gasteiger partial charge in [-0.25, -0.2) is 0 Å². The lowest BCUT2D eigenvalue weighted by Gasteiger charge is -2.28. The number of hydrogen-bond acceptors (Lipinski definition) is 2. The monoisotopic (exact) mass is 250 g/mol. The van der Waals surface area contributed by atoms with Crippen molar-refractivity contribution < 1.29 is 4.79 Å². The predicted octanol–water partition coefficient (Wildman–Crippen LogP) is 2.66. The Labute approximate surface area is 110 Å². The Morgan fingerprint density at radius 2 is 1.94 bits per heavy atom. The van der Waals surface area contributed by atoms with Gasteiger partial charge in [0, 0.05) is 6.54 Å². The van der Waals surface area contributed by atoms with E-state index < -0.39 is 0 Å². The van der Waals surface area contributed by atoms with Gasteiger partial charge in [-0.2, -0.15) is 0 Å². The zero-order valence-electron chi connectivity index (χ0n) is 11.8. The van der Waals surface area contributed by atoms with Crippen LogP contribution in [0.25, 0.3) is 0 Å². The molecule has 2 aliphatic carbocycles. The van der Waals surface area contributed by atoms with Gasteiger partial charge in [-0.05, 0) is 43.9 Å². The van der Waals surface area contributed by atoms with E-state index in [0.29, 0.717) is 17.5 Å². The maximum atomic E-state index is 12.5. The summed E-state index contributed by atoms with van der Waals surface area (Å²) in [5, 5.41) is 3.61. The maximum absolute atomic E-state index is 12.5. The van der Waals surface area contributed by atoms with E-state index >= 15 is 0 Å². The standard InChI is InChI=1S/C15H26N2O/c1-3-5-12-16-15(9-10-15)13(18)17(12)11-14(6-4-2)7-8-14/h12,16H,3-11H2,1-2H3. The summed E-state index contributed by atoms with van der Waals surface area (Å²) in [6.07, 6.45) is 9.90. The molecule has 102 valence electrons. The van der Waals surface area contributed by atoms with Gasteiger partial charge in [0.2, 0.25) is 5.91 Å². The van der Waals surface area contributed by atoms with Crippen molar-refractivity contribution in [2.24, 2.45) is 5.41 Å². The molecule has 1 heterocycles. The molecular formula is C15H26N2O. The fourth-order valence-electron chi connectivity index (χ4n) is 3.60. The molecule has 3 rings (SSSR count). The Hall–Kier alpha value is -0.570. The molecule has 1 atom stereocenters. The molecule has 3 heteroatoms. The highest BCUT2D eigenvalue weighted by Gasteiger charge is 2.60. The van der Waals surface area contributed by atoms with Gasteiger partial charge in [0.15, 0.2) is 0 Å². The lowest BCUT2D eigenvalue weighted by atomic mass is 9.99. The summed E-state index contributed by atoms with van der Waals surface area (Å²) in [6.45, 7) is 5.48. The van der Waals surface area contributed by atoms with E-state index in [-0.39, 0.29) is 5.54 Å². The molecule has 1 saturated heterocycles. The summed E-state index contributed by atoms with van der Waals surface area (Å²) in [5.74, 6) is 0.406. The van der Waals surface area contributed by atoms with E-state index in [9.17, 15) is 4.79 Å². The number of nitrogens with zero attached hydrogens (tertiary/aromatic N) is 1. The molecule has 1 spiro atoms. The largest absolute Gasteiger partial charge is 0.325 e. The highest BCUT2D eigenvalue weighted by Crippen LogP contribution is 2.52. The van der Waals surface area contributed by atoms with Crippen LogP contribution in [0.15, 0.2) is 0 Å². The van der Waals surface area contributed by atoms with Crippen LogP contribution in [0, 0.1) is 5.41 Å². The molecule has 0 aromatic heterocycles. The minimum Gasteiger partial charge on any atom is -0.325 e. The number of hydrogen-bond donors (Lipinski definition) is 1. The topological polar surface area (TPSA) is 32.3 Å². The molecule has 3 nitrogen and oxygen atoms in total. The van der Waals surface area contributed by atoms with Crippen molar-refractivity contribution >= 4 is 5.91 Å². The summed E-state index contributed by atoms with van der Waals surface area (Å²) < 4.78 is 0. The number of carbonyl (C=O) groups excluding carboxylic acids is 1. The predicted molar refractivity (Wildman–Crippen MR) is 72.1 cm³/mol. The Morgan fingerprint density at radius 3 is 2.44 bits per heavy atom. The van der Waals surface area contributed by atoms with Gasteiger partial charge in [0.25, 0.3) is 0 Å². The second-order valence-electron chi connectivity index (χ2n) is 6.71. The summed E-state index contributed by atoms with van der Waals surface area (Å²) in [5.41, 5.74) is 0.362. The normalized spacial score (nSPS) is 31.1. The SMILES string of the molecule is CCCC1NC2(CC2)C(=O)N1CC1(CCC)CC1. The van der Waals surface area contributed by atoms with Crippen LogP contribution in [-0.4, -0.2) is 29.1 Å². The lowest BCUT2D eigenvalue weighted by Crippen LogP contribution is -2.41. The molecule has 18 heavy (non-hydrogen) atoms. The number of nitrogens with one attached hydrogen (secondary N) is 1. The Morgan fingerprint density at radius 1 is 1.22 bits per heavy atom. The molecular weight excluding hydrogens is 224 g/mol. The van der Waals surface area contributed by atoms with E-state index in [2.05, 4.69) is 24.1 Å². The van der Waals surface area contributed by atoms with Gasteiger partial charge < -0.3 is 4.90 Å². The summed E-state index contributed by atoms with van der Waals surface area (Å²) in [6, 6.07) is 0. The average Bonchev–Trinajstić information content (AvgIpc) is 3.22. The van der Waals surface area contributed by atoms with Crippen molar-refractivity contribution in [3.63, 3.8) is 0 Å². The minimum absolute atomic E-state index is 0.123. The molecule has 1 amide bonds. The van der Waals surface area contributed by atoms with Gasteiger partial charge in [-0.15, -0.1) is 0 Å². The third-order valence-electron chi connectivity index (χ3n) is 5.04. The Bertz CT molecular complexity index is 344. The third kappa shape index (κ3) is 1.97. The zero-order chi connectivity index (χ0) is 12.8. The van der Waals surface area contributed by atoms with Crippen molar-refractivity contribution in [3.8, 4) is 0 Å². The first-order valence-electron chi connectivity index (χ1n) is 7.73. The molecule has 1 N–H and O–H groups in total. The molecule has 0 radical (unpaired) electrons. The van der Waals surface area contributed by atoms with Crippen LogP contribution in [0.1, 0.15) is 65.2 Å². The highest BCUT2D eigenvalue weighted by molar-refractivity contribution is 5.91. The first-order chi connectivity index (χ1) is 8.65. The maximum Gasteiger partial charge on any atom is 0.244 e. The lowest BCUT2D eigenvalue weighted by molar-refractivity contribution is -0.131. The fourth-order valence-corrected chi connectivity index (χ4v) is 3.60. The third-order valence-corrected chi connectivity index (χ3v) is 5.04.